The van der Waals surface area contributed by atoms with E-state index >= 15 is 0 Å². The lowest BCUT2D eigenvalue weighted by molar-refractivity contribution is 0.00724. The quantitative estimate of drug-likeness (QED) is 0.855. The van der Waals surface area contributed by atoms with Crippen LogP contribution in [0.25, 0.3) is 0 Å². The first-order chi connectivity index (χ1) is 9.65. The molecule has 0 radical (unpaired) electrons. The highest BCUT2D eigenvalue weighted by Crippen LogP contribution is 2.23. The molecule has 20 heavy (non-hydrogen) atoms. The molecule has 2 rings (SSSR count). The standard InChI is InChI=1S/C15H22N2O3/c1-3-20-12-5-4-8-17(10-12)15(18)11-6-7-14(19-2)13(16)9-11/h6-7,9,12H,3-5,8,10,16H2,1-2H3. The van der Waals surface area contributed by atoms with Crippen molar-refractivity contribution in [1.82, 2.24) is 4.90 Å². The minimum atomic E-state index is 0.00348. The van der Waals surface area contributed by atoms with Crippen LogP contribution in [-0.2, 0) is 4.74 Å². The SMILES string of the molecule is CCOC1CCCN(C(=O)c2ccc(OC)c(N)c2)C1. The third kappa shape index (κ3) is 3.22. The maximum absolute atomic E-state index is 12.5. The van der Waals surface area contributed by atoms with Gasteiger partial charge in [0.25, 0.3) is 5.91 Å². The van der Waals surface area contributed by atoms with Crippen molar-refractivity contribution in [3.63, 3.8) is 0 Å². The summed E-state index contributed by atoms with van der Waals surface area (Å²) in [4.78, 5) is 14.3. The number of nitrogens with two attached hydrogens (primary N) is 1. The van der Waals surface area contributed by atoms with E-state index in [0.29, 0.717) is 30.2 Å². The van der Waals surface area contributed by atoms with Crippen molar-refractivity contribution in [3.8, 4) is 5.75 Å². The van der Waals surface area contributed by atoms with Gasteiger partial charge in [0.15, 0.2) is 0 Å². The summed E-state index contributed by atoms with van der Waals surface area (Å²) in [5.41, 5.74) is 6.93. The maximum atomic E-state index is 12.5. The van der Waals surface area contributed by atoms with Crippen LogP contribution in [0.15, 0.2) is 18.2 Å². The van der Waals surface area contributed by atoms with Gasteiger partial charge >= 0.3 is 0 Å². The largest absolute Gasteiger partial charge is 0.495 e. The summed E-state index contributed by atoms with van der Waals surface area (Å²) in [7, 11) is 1.56. The Morgan fingerprint density at radius 1 is 1.50 bits per heavy atom. The molecule has 1 aromatic carbocycles. The number of hydrogen-bond donors (Lipinski definition) is 1. The summed E-state index contributed by atoms with van der Waals surface area (Å²) in [6, 6.07) is 5.15. The maximum Gasteiger partial charge on any atom is 0.254 e. The van der Waals surface area contributed by atoms with Crippen molar-refractivity contribution in [2.75, 3.05) is 32.5 Å². The summed E-state index contributed by atoms with van der Waals surface area (Å²) in [6.45, 7) is 4.08. The number of ether oxygens (including phenoxy) is 2. The normalized spacial score (nSPS) is 18.9. The number of piperidine rings is 1. The van der Waals surface area contributed by atoms with E-state index in [1.807, 2.05) is 11.8 Å². The first kappa shape index (κ1) is 14.7. The Morgan fingerprint density at radius 3 is 2.95 bits per heavy atom. The summed E-state index contributed by atoms with van der Waals surface area (Å²) in [5.74, 6) is 0.594. The molecule has 5 nitrogen and oxygen atoms in total. The molecule has 1 fully saturated rings. The number of nitrogens with zero attached hydrogens (tertiary/aromatic N) is 1. The van der Waals surface area contributed by atoms with Crippen LogP contribution in [0.5, 0.6) is 5.75 Å². The molecule has 1 atom stereocenters. The van der Waals surface area contributed by atoms with E-state index in [0.717, 1.165) is 19.4 Å². The molecule has 1 unspecified atom stereocenters. The molecule has 1 amide bonds. The lowest BCUT2D eigenvalue weighted by Gasteiger charge is -2.32. The van der Waals surface area contributed by atoms with Gasteiger partial charge < -0.3 is 20.1 Å². The number of anilines is 1. The monoisotopic (exact) mass is 278 g/mol. The van der Waals surface area contributed by atoms with Crippen molar-refractivity contribution >= 4 is 11.6 Å². The smallest absolute Gasteiger partial charge is 0.254 e. The van der Waals surface area contributed by atoms with Gasteiger partial charge in [-0.3, -0.25) is 4.79 Å². The number of hydrogen-bond acceptors (Lipinski definition) is 4. The average molecular weight is 278 g/mol. The number of carbonyl (C=O) groups excluding carboxylic acids is 1. The fraction of sp³-hybridized carbons (Fsp3) is 0.533. The van der Waals surface area contributed by atoms with Crippen LogP contribution < -0.4 is 10.5 Å². The Morgan fingerprint density at radius 2 is 2.30 bits per heavy atom. The summed E-state index contributed by atoms with van der Waals surface area (Å²) >= 11 is 0. The van der Waals surface area contributed by atoms with Crippen LogP contribution in [0.2, 0.25) is 0 Å². The number of methoxy groups -OCH3 is 1. The van der Waals surface area contributed by atoms with Crippen LogP contribution in [0.1, 0.15) is 30.1 Å². The minimum Gasteiger partial charge on any atom is -0.495 e. The van der Waals surface area contributed by atoms with E-state index in [9.17, 15) is 4.79 Å². The fourth-order valence-corrected chi connectivity index (χ4v) is 2.54. The molecule has 1 aliphatic heterocycles. The molecular weight excluding hydrogens is 256 g/mol. The second-order valence-corrected chi connectivity index (χ2v) is 4.93. The highest BCUT2D eigenvalue weighted by Gasteiger charge is 2.25. The third-order valence-electron chi connectivity index (χ3n) is 3.54. The minimum absolute atomic E-state index is 0.00348. The topological polar surface area (TPSA) is 64.8 Å². The second-order valence-electron chi connectivity index (χ2n) is 4.93. The van der Waals surface area contributed by atoms with Crippen molar-refractivity contribution in [1.29, 1.82) is 0 Å². The van der Waals surface area contributed by atoms with E-state index < -0.39 is 0 Å². The molecule has 0 aromatic heterocycles. The zero-order chi connectivity index (χ0) is 14.5. The lowest BCUT2D eigenvalue weighted by Crippen LogP contribution is -2.43. The Hall–Kier alpha value is -1.75. The van der Waals surface area contributed by atoms with E-state index in [2.05, 4.69) is 0 Å². The van der Waals surface area contributed by atoms with Gasteiger partial charge in [0.1, 0.15) is 5.75 Å². The van der Waals surface area contributed by atoms with Crippen molar-refractivity contribution in [2.24, 2.45) is 0 Å². The van der Waals surface area contributed by atoms with Crippen molar-refractivity contribution in [3.05, 3.63) is 23.8 Å². The van der Waals surface area contributed by atoms with E-state index in [4.69, 9.17) is 15.2 Å². The van der Waals surface area contributed by atoms with E-state index in [1.165, 1.54) is 0 Å². The van der Waals surface area contributed by atoms with Gasteiger partial charge in [0, 0.05) is 25.3 Å². The number of amides is 1. The zero-order valence-corrected chi connectivity index (χ0v) is 12.1. The summed E-state index contributed by atoms with van der Waals surface area (Å²) in [5, 5.41) is 0. The van der Waals surface area contributed by atoms with Gasteiger partial charge in [0.05, 0.1) is 18.9 Å². The first-order valence-electron chi connectivity index (χ1n) is 7.00. The number of rotatable bonds is 4. The fourth-order valence-electron chi connectivity index (χ4n) is 2.54. The van der Waals surface area contributed by atoms with Gasteiger partial charge in [-0.25, -0.2) is 0 Å². The number of nitrogen functional groups attached to an aromatic ring is 1. The van der Waals surface area contributed by atoms with Crippen LogP contribution in [0.3, 0.4) is 0 Å². The lowest BCUT2D eigenvalue weighted by atomic mass is 10.1. The van der Waals surface area contributed by atoms with Gasteiger partial charge in [0.2, 0.25) is 0 Å². The van der Waals surface area contributed by atoms with Gasteiger partial charge in [-0.2, -0.15) is 0 Å². The van der Waals surface area contributed by atoms with Gasteiger partial charge in [-0.05, 0) is 38.0 Å². The molecule has 0 saturated carbocycles. The zero-order valence-electron chi connectivity index (χ0n) is 12.1. The average Bonchev–Trinajstić information content (AvgIpc) is 2.47. The van der Waals surface area contributed by atoms with Gasteiger partial charge in [-0.15, -0.1) is 0 Å². The van der Waals surface area contributed by atoms with E-state index in [-0.39, 0.29) is 12.0 Å². The number of carbonyl (C=O) groups is 1. The Kier molecular flexibility index (Phi) is 4.84. The number of likely N-dealkylation sites (tertiary alicyclic amines) is 1. The molecule has 2 N–H and O–H groups in total. The molecule has 1 heterocycles. The molecule has 0 spiro atoms. The molecule has 110 valence electrons. The molecule has 0 bridgehead atoms. The molecule has 1 aliphatic rings. The molecule has 5 heteroatoms. The predicted octanol–water partition coefficient (Wildman–Crippen LogP) is 1.92. The number of benzene rings is 1. The molecule has 1 saturated heterocycles. The van der Waals surface area contributed by atoms with E-state index in [1.54, 1.807) is 25.3 Å². The molecular formula is C15H22N2O3. The third-order valence-corrected chi connectivity index (χ3v) is 3.54. The van der Waals surface area contributed by atoms with Gasteiger partial charge in [-0.1, -0.05) is 0 Å². The highest BCUT2D eigenvalue weighted by molar-refractivity contribution is 5.95. The summed E-state index contributed by atoms with van der Waals surface area (Å²) < 4.78 is 10.7. The van der Waals surface area contributed by atoms with Crippen LogP contribution in [0, 0.1) is 0 Å². The first-order valence-corrected chi connectivity index (χ1v) is 7.00. The Bertz CT molecular complexity index is 474. The van der Waals surface area contributed by atoms with Crippen molar-refractivity contribution < 1.29 is 14.3 Å². The second kappa shape index (κ2) is 6.61. The van der Waals surface area contributed by atoms with Crippen LogP contribution >= 0.6 is 0 Å². The van der Waals surface area contributed by atoms with Crippen LogP contribution in [0.4, 0.5) is 5.69 Å². The molecule has 0 aliphatic carbocycles. The van der Waals surface area contributed by atoms with Crippen molar-refractivity contribution in [2.45, 2.75) is 25.9 Å². The Labute approximate surface area is 119 Å². The summed E-state index contributed by atoms with van der Waals surface area (Å²) in [6.07, 6.45) is 2.14. The molecule has 1 aromatic rings. The predicted molar refractivity (Wildman–Crippen MR) is 78.0 cm³/mol. The van der Waals surface area contributed by atoms with Crippen LogP contribution in [-0.4, -0.2) is 43.7 Å². The highest BCUT2D eigenvalue weighted by atomic mass is 16.5. The Balaban J connectivity index is 2.08.